The Kier molecular flexibility index (Phi) is 5.86. The summed E-state index contributed by atoms with van der Waals surface area (Å²) in [5.74, 6) is -0.281. The van der Waals surface area contributed by atoms with Gasteiger partial charge < -0.3 is 5.32 Å². The van der Waals surface area contributed by atoms with Gasteiger partial charge in [-0.15, -0.1) is 11.3 Å². The first-order valence-electron chi connectivity index (χ1n) is 11.2. The van der Waals surface area contributed by atoms with Crippen LogP contribution < -0.4 is 5.32 Å². The van der Waals surface area contributed by atoms with Crippen LogP contribution in [0.25, 0.3) is 33.4 Å². The minimum atomic E-state index is -0.281. The summed E-state index contributed by atoms with van der Waals surface area (Å²) in [5, 5.41) is 14.3. The van der Waals surface area contributed by atoms with E-state index in [0.29, 0.717) is 27.5 Å². The molecule has 0 spiro atoms. The van der Waals surface area contributed by atoms with E-state index >= 15 is 0 Å². The Labute approximate surface area is 207 Å². The van der Waals surface area contributed by atoms with E-state index in [-0.39, 0.29) is 5.91 Å². The summed E-state index contributed by atoms with van der Waals surface area (Å²) in [5.41, 5.74) is 6.90. The van der Waals surface area contributed by atoms with Crippen molar-refractivity contribution < 1.29 is 4.79 Å². The average Bonchev–Trinajstić information content (AvgIpc) is 3.18. The lowest BCUT2D eigenvalue weighted by Gasteiger charge is -2.12. The van der Waals surface area contributed by atoms with Crippen LogP contribution >= 0.6 is 11.3 Å². The SMILES string of the molecule is Cc1cc(C)c2nc(-c3ccccn3)cc(C(=O)Nc3sc(C)c(-c4ccccc4)c3C#N)c2c1. The Morgan fingerprint density at radius 1 is 0.971 bits per heavy atom. The molecule has 6 heteroatoms. The third kappa shape index (κ3) is 4.18. The van der Waals surface area contributed by atoms with E-state index < -0.39 is 0 Å². The van der Waals surface area contributed by atoms with E-state index in [1.165, 1.54) is 11.3 Å². The van der Waals surface area contributed by atoms with Crippen LogP contribution in [-0.4, -0.2) is 15.9 Å². The van der Waals surface area contributed by atoms with Crippen molar-refractivity contribution in [2.75, 3.05) is 5.32 Å². The number of fused-ring (bicyclic) bond motifs is 1. The van der Waals surface area contributed by atoms with E-state index in [1.54, 1.807) is 12.3 Å². The van der Waals surface area contributed by atoms with Crippen LogP contribution in [0.4, 0.5) is 5.00 Å². The van der Waals surface area contributed by atoms with Gasteiger partial charge in [0.25, 0.3) is 5.91 Å². The quantitative estimate of drug-likeness (QED) is 0.302. The van der Waals surface area contributed by atoms with E-state index in [0.717, 1.165) is 38.0 Å². The van der Waals surface area contributed by atoms with Crippen molar-refractivity contribution in [1.82, 2.24) is 9.97 Å². The summed E-state index contributed by atoms with van der Waals surface area (Å²) < 4.78 is 0. The number of rotatable bonds is 4. The molecule has 1 amide bonds. The van der Waals surface area contributed by atoms with Crippen molar-refractivity contribution in [3.05, 3.63) is 100 Å². The fourth-order valence-corrected chi connectivity index (χ4v) is 5.40. The highest BCUT2D eigenvalue weighted by Gasteiger charge is 2.22. The van der Waals surface area contributed by atoms with Crippen molar-refractivity contribution in [3.8, 4) is 28.6 Å². The van der Waals surface area contributed by atoms with Crippen LogP contribution in [0.2, 0.25) is 0 Å². The molecule has 0 unspecified atom stereocenters. The third-order valence-corrected chi connectivity index (χ3v) is 6.93. The fraction of sp³-hybridized carbons (Fsp3) is 0.103. The van der Waals surface area contributed by atoms with Crippen LogP contribution in [0, 0.1) is 32.1 Å². The summed E-state index contributed by atoms with van der Waals surface area (Å²) in [7, 11) is 0. The van der Waals surface area contributed by atoms with Crippen LogP contribution in [-0.2, 0) is 0 Å². The molecule has 5 rings (SSSR count). The topological polar surface area (TPSA) is 78.7 Å². The molecule has 2 aromatic carbocycles. The minimum Gasteiger partial charge on any atom is -0.312 e. The monoisotopic (exact) mass is 474 g/mol. The number of hydrogen-bond donors (Lipinski definition) is 1. The molecule has 0 saturated carbocycles. The first-order chi connectivity index (χ1) is 17.0. The van der Waals surface area contributed by atoms with Gasteiger partial charge in [0.05, 0.1) is 28.0 Å². The standard InChI is InChI=1S/C29H22N4OS/c1-17-13-18(2)27-21(14-17)22(15-25(32-27)24-11-7-8-12-31-24)28(34)33-29-23(16-30)26(19(3)35-29)20-9-5-4-6-10-20/h4-15H,1-3H3,(H,33,34). The Morgan fingerprint density at radius 2 is 1.74 bits per heavy atom. The smallest absolute Gasteiger partial charge is 0.257 e. The molecule has 0 saturated heterocycles. The van der Waals surface area contributed by atoms with Gasteiger partial charge in [-0.2, -0.15) is 5.26 Å². The summed E-state index contributed by atoms with van der Waals surface area (Å²) in [6.07, 6.45) is 1.71. The Bertz CT molecular complexity index is 1620. The van der Waals surface area contributed by atoms with Gasteiger partial charge in [-0.05, 0) is 56.2 Å². The third-order valence-electron chi connectivity index (χ3n) is 5.91. The number of aromatic nitrogens is 2. The molecule has 5 nitrogen and oxygen atoms in total. The largest absolute Gasteiger partial charge is 0.312 e. The van der Waals surface area contributed by atoms with Gasteiger partial charge >= 0.3 is 0 Å². The molecule has 0 atom stereocenters. The van der Waals surface area contributed by atoms with Gasteiger partial charge in [-0.25, -0.2) is 4.98 Å². The van der Waals surface area contributed by atoms with Crippen LogP contribution in [0.1, 0.15) is 31.9 Å². The molecule has 1 N–H and O–H groups in total. The molecule has 0 bridgehead atoms. The average molecular weight is 475 g/mol. The van der Waals surface area contributed by atoms with Gasteiger partial charge in [0.2, 0.25) is 0 Å². The molecule has 170 valence electrons. The zero-order chi connectivity index (χ0) is 24.5. The molecule has 0 aliphatic carbocycles. The fourth-order valence-electron chi connectivity index (χ4n) is 4.38. The molecule has 0 fully saturated rings. The van der Waals surface area contributed by atoms with Crippen LogP contribution in [0.5, 0.6) is 0 Å². The highest BCUT2D eigenvalue weighted by atomic mass is 32.1. The molecule has 0 radical (unpaired) electrons. The van der Waals surface area contributed by atoms with Crippen LogP contribution in [0.3, 0.4) is 0 Å². The van der Waals surface area contributed by atoms with E-state index in [9.17, 15) is 10.1 Å². The van der Waals surface area contributed by atoms with Crippen LogP contribution in [0.15, 0.2) is 72.9 Å². The second kappa shape index (κ2) is 9.13. The van der Waals surface area contributed by atoms with E-state index in [1.807, 2.05) is 75.4 Å². The number of carbonyl (C=O) groups excluding carboxylic acids is 1. The van der Waals surface area contributed by atoms with E-state index in [2.05, 4.69) is 22.4 Å². The number of nitrogens with zero attached hydrogens (tertiary/aromatic N) is 3. The highest BCUT2D eigenvalue weighted by Crippen LogP contribution is 2.40. The first-order valence-corrected chi connectivity index (χ1v) is 12.0. The summed E-state index contributed by atoms with van der Waals surface area (Å²) in [6.45, 7) is 5.97. The number of pyridine rings is 2. The van der Waals surface area contributed by atoms with Crippen molar-refractivity contribution in [2.45, 2.75) is 20.8 Å². The number of hydrogen-bond acceptors (Lipinski definition) is 5. The Balaban J connectivity index is 1.64. The van der Waals surface area contributed by atoms with Gasteiger partial charge in [0.1, 0.15) is 11.1 Å². The minimum absolute atomic E-state index is 0.281. The normalized spacial score (nSPS) is 10.8. The zero-order valence-electron chi connectivity index (χ0n) is 19.6. The second-order valence-corrected chi connectivity index (χ2v) is 9.64. The van der Waals surface area contributed by atoms with Gasteiger partial charge in [0.15, 0.2) is 0 Å². The predicted octanol–water partition coefficient (Wildman–Crippen LogP) is 7.07. The van der Waals surface area contributed by atoms with Crippen molar-refractivity contribution in [3.63, 3.8) is 0 Å². The highest BCUT2D eigenvalue weighted by molar-refractivity contribution is 7.17. The summed E-state index contributed by atoms with van der Waals surface area (Å²) >= 11 is 1.41. The van der Waals surface area contributed by atoms with Crippen molar-refractivity contribution >= 4 is 33.1 Å². The number of nitrogens with one attached hydrogen (secondary N) is 1. The number of anilines is 1. The molecule has 35 heavy (non-hydrogen) atoms. The number of aryl methyl sites for hydroxylation is 3. The van der Waals surface area contributed by atoms with Gasteiger partial charge in [0, 0.05) is 22.0 Å². The number of benzene rings is 2. The molecule has 3 heterocycles. The Morgan fingerprint density at radius 3 is 2.46 bits per heavy atom. The van der Waals surface area contributed by atoms with Gasteiger partial charge in [-0.3, -0.25) is 9.78 Å². The summed E-state index contributed by atoms with van der Waals surface area (Å²) in [4.78, 5) is 23.9. The first kappa shape index (κ1) is 22.5. The molecular weight excluding hydrogens is 452 g/mol. The predicted molar refractivity (Wildman–Crippen MR) is 142 cm³/mol. The Hall–Kier alpha value is -4.34. The zero-order valence-corrected chi connectivity index (χ0v) is 20.4. The molecule has 5 aromatic rings. The number of amides is 1. The lowest BCUT2D eigenvalue weighted by molar-refractivity contribution is 0.102. The second-order valence-electron chi connectivity index (χ2n) is 8.42. The maximum atomic E-state index is 13.7. The maximum absolute atomic E-state index is 13.7. The lowest BCUT2D eigenvalue weighted by atomic mass is 10.00. The number of thiophene rings is 1. The number of carbonyl (C=O) groups is 1. The van der Waals surface area contributed by atoms with Crippen molar-refractivity contribution in [2.24, 2.45) is 0 Å². The van der Waals surface area contributed by atoms with Crippen molar-refractivity contribution in [1.29, 1.82) is 5.26 Å². The van der Waals surface area contributed by atoms with E-state index in [4.69, 9.17) is 4.98 Å². The number of nitriles is 1. The van der Waals surface area contributed by atoms with Gasteiger partial charge in [-0.1, -0.05) is 48.0 Å². The molecule has 0 aliphatic heterocycles. The summed E-state index contributed by atoms with van der Waals surface area (Å²) in [6, 6.07) is 23.5. The molecule has 3 aromatic heterocycles. The maximum Gasteiger partial charge on any atom is 0.257 e. The molecule has 0 aliphatic rings. The lowest BCUT2D eigenvalue weighted by Crippen LogP contribution is -2.13. The molecular formula is C29H22N4OS.